The number of hydrogen-bond donors (Lipinski definition) is 0. The topological polar surface area (TPSA) is 42.0 Å². The standard InChI is InChI=1S/C25H32N2O3/c1-5-30-23-11-10-19(12-24(23)29-4)13-26-14-20-15-27(18(3)28)25(22(20)16-26)21-9-7-6-8-17(21)2/h6-12,20,22,25H,5,13-16H2,1-4H3/t20-,22-,25-/m1/s1. The SMILES string of the molecule is CCOc1ccc(CN2C[C@@H]3CN(C(C)=O)[C@H](c4ccccc4C)[C@@H]3C2)cc1OC. The van der Waals surface area contributed by atoms with Gasteiger partial charge in [0, 0.05) is 39.0 Å². The lowest BCUT2D eigenvalue weighted by atomic mass is 9.87. The van der Waals surface area contributed by atoms with Gasteiger partial charge in [-0.15, -0.1) is 0 Å². The average molecular weight is 409 g/mol. The fourth-order valence-corrected chi connectivity index (χ4v) is 5.25. The zero-order chi connectivity index (χ0) is 21.3. The Labute approximate surface area is 179 Å². The molecule has 2 aromatic carbocycles. The summed E-state index contributed by atoms with van der Waals surface area (Å²) >= 11 is 0. The molecule has 0 spiro atoms. The van der Waals surface area contributed by atoms with E-state index in [9.17, 15) is 4.79 Å². The van der Waals surface area contributed by atoms with E-state index in [4.69, 9.17) is 9.47 Å². The van der Waals surface area contributed by atoms with Gasteiger partial charge in [0.2, 0.25) is 5.91 Å². The Bertz CT molecular complexity index is 913. The summed E-state index contributed by atoms with van der Waals surface area (Å²) in [6.07, 6.45) is 0. The number of aryl methyl sites for hydroxylation is 1. The first kappa shape index (κ1) is 20.7. The van der Waals surface area contributed by atoms with Gasteiger partial charge in [0.05, 0.1) is 19.8 Å². The van der Waals surface area contributed by atoms with Crippen molar-refractivity contribution in [3.8, 4) is 11.5 Å². The van der Waals surface area contributed by atoms with Crippen LogP contribution in [-0.2, 0) is 11.3 Å². The molecule has 2 heterocycles. The normalized spacial score (nSPS) is 23.5. The number of fused-ring (bicyclic) bond motifs is 1. The third kappa shape index (κ3) is 3.91. The molecule has 1 amide bonds. The van der Waals surface area contributed by atoms with E-state index in [2.05, 4.69) is 53.1 Å². The molecule has 30 heavy (non-hydrogen) atoms. The van der Waals surface area contributed by atoms with Crippen LogP contribution in [0.2, 0.25) is 0 Å². The summed E-state index contributed by atoms with van der Waals surface area (Å²) in [6, 6.07) is 14.9. The van der Waals surface area contributed by atoms with Crippen LogP contribution in [0.5, 0.6) is 11.5 Å². The van der Waals surface area contributed by atoms with E-state index in [1.165, 1.54) is 16.7 Å². The first-order valence-electron chi connectivity index (χ1n) is 10.9. The maximum atomic E-state index is 12.4. The first-order valence-corrected chi connectivity index (χ1v) is 10.9. The summed E-state index contributed by atoms with van der Waals surface area (Å²) in [5.41, 5.74) is 3.79. The predicted octanol–water partition coefficient (Wildman–Crippen LogP) is 4.05. The number of ether oxygens (including phenoxy) is 2. The summed E-state index contributed by atoms with van der Waals surface area (Å²) in [5, 5.41) is 0. The molecule has 5 heteroatoms. The number of benzene rings is 2. The molecule has 4 rings (SSSR count). The zero-order valence-corrected chi connectivity index (χ0v) is 18.4. The largest absolute Gasteiger partial charge is 0.493 e. The van der Waals surface area contributed by atoms with Gasteiger partial charge in [-0.2, -0.15) is 0 Å². The van der Waals surface area contributed by atoms with E-state index in [1.54, 1.807) is 14.0 Å². The highest BCUT2D eigenvalue weighted by atomic mass is 16.5. The Kier molecular flexibility index (Phi) is 6.00. The fourth-order valence-electron chi connectivity index (χ4n) is 5.25. The maximum absolute atomic E-state index is 12.4. The second-order valence-electron chi connectivity index (χ2n) is 8.51. The molecule has 2 aliphatic rings. The van der Waals surface area contributed by atoms with Crippen LogP contribution < -0.4 is 9.47 Å². The van der Waals surface area contributed by atoms with Crippen molar-refractivity contribution in [2.45, 2.75) is 33.4 Å². The molecule has 0 radical (unpaired) electrons. The van der Waals surface area contributed by atoms with Crippen molar-refractivity contribution in [3.63, 3.8) is 0 Å². The molecule has 2 saturated heterocycles. The van der Waals surface area contributed by atoms with E-state index >= 15 is 0 Å². The summed E-state index contributed by atoms with van der Waals surface area (Å²) in [5.74, 6) is 2.75. The molecule has 0 saturated carbocycles. The molecule has 0 N–H and O–H groups in total. The molecule has 2 aromatic rings. The minimum atomic E-state index is 0.175. The maximum Gasteiger partial charge on any atom is 0.219 e. The van der Waals surface area contributed by atoms with Gasteiger partial charge in [0.15, 0.2) is 11.5 Å². The highest BCUT2D eigenvalue weighted by molar-refractivity contribution is 5.74. The van der Waals surface area contributed by atoms with Crippen molar-refractivity contribution in [2.75, 3.05) is 33.4 Å². The number of likely N-dealkylation sites (tertiary alicyclic amines) is 2. The average Bonchev–Trinajstić information content (AvgIpc) is 3.27. The van der Waals surface area contributed by atoms with Gasteiger partial charge in [0.25, 0.3) is 0 Å². The van der Waals surface area contributed by atoms with Crippen molar-refractivity contribution in [1.29, 1.82) is 0 Å². The Hall–Kier alpha value is -2.53. The van der Waals surface area contributed by atoms with Crippen molar-refractivity contribution in [2.24, 2.45) is 11.8 Å². The number of rotatable bonds is 6. The van der Waals surface area contributed by atoms with Gasteiger partial charge in [0.1, 0.15) is 0 Å². The lowest BCUT2D eigenvalue weighted by molar-refractivity contribution is -0.130. The van der Waals surface area contributed by atoms with Gasteiger partial charge >= 0.3 is 0 Å². The molecular weight excluding hydrogens is 376 g/mol. The fraction of sp³-hybridized carbons (Fsp3) is 0.480. The lowest BCUT2D eigenvalue weighted by Gasteiger charge is -2.30. The van der Waals surface area contributed by atoms with Gasteiger partial charge in [-0.25, -0.2) is 0 Å². The minimum absolute atomic E-state index is 0.175. The quantitative estimate of drug-likeness (QED) is 0.723. The van der Waals surface area contributed by atoms with E-state index in [1.807, 2.05) is 13.0 Å². The molecule has 2 fully saturated rings. The Morgan fingerprint density at radius 3 is 2.60 bits per heavy atom. The van der Waals surface area contributed by atoms with E-state index in [-0.39, 0.29) is 11.9 Å². The van der Waals surface area contributed by atoms with Gasteiger partial charge < -0.3 is 14.4 Å². The molecule has 0 aliphatic carbocycles. The Morgan fingerprint density at radius 2 is 1.90 bits per heavy atom. The minimum Gasteiger partial charge on any atom is -0.493 e. The number of carbonyl (C=O) groups is 1. The number of carbonyl (C=O) groups excluding carboxylic acids is 1. The third-order valence-corrected chi connectivity index (χ3v) is 6.59. The molecule has 0 bridgehead atoms. The van der Waals surface area contributed by atoms with Gasteiger partial charge in [-0.3, -0.25) is 9.69 Å². The first-order chi connectivity index (χ1) is 14.5. The van der Waals surface area contributed by atoms with Gasteiger partial charge in [-0.05, 0) is 48.6 Å². The smallest absolute Gasteiger partial charge is 0.219 e. The number of hydrogen-bond acceptors (Lipinski definition) is 4. The van der Waals surface area contributed by atoms with Crippen LogP contribution in [0.15, 0.2) is 42.5 Å². The lowest BCUT2D eigenvalue weighted by Crippen LogP contribution is -2.34. The summed E-state index contributed by atoms with van der Waals surface area (Å²) in [4.78, 5) is 17.0. The van der Waals surface area contributed by atoms with Crippen molar-refractivity contribution >= 4 is 5.91 Å². The molecular formula is C25H32N2O3. The molecule has 2 aliphatic heterocycles. The molecule has 0 unspecified atom stereocenters. The summed E-state index contributed by atoms with van der Waals surface area (Å²) < 4.78 is 11.2. The van der Waals surface area contributed by atoms with E-state index < -0.39 is 0 Å². The van der Waals surface area contributed by atoms with Gasteiger partial charge in [-0.1, -0.05) is 30.3 Å². The number of amides is 1. The van der Waals surface area contributed by atoms with Crippen molar-refractivity contribution in [3.05, 3.63) is 59.2 Å². The highest BCUT2D eigenvalue weighted by Gasteiger charge is 2.48. The summed E-state index contributed by atoms with van der Waals surface area (Å²) in [6.45, 7) is 10.2. The van der Waals surface area contributed by atoms with Crippen LogP contribution in [0.1, 0.15) is 36.6 Å². The zero-order valence-electron chi connectivity index (χ0n) is 18.4. The van der Waals surface area contributed by atoms with E-state index in [0.717, 1.165) is 37.7 Å². The van der Waals surface area contributed by atoms with E-state index in [0.29, 0.717) is 18.4 Å². The monoisotopic (exact) mass is 408 g/mol. The Balaban J connectivity index is 1.52. The van der Waals surface area contributed by atoms with Crippen LogP contribution in [0.25, 0.3) is 0 Å². The van der Waals surface area contributed by atoms with Crippen LogP contribution in [0.3, 0.4) is 0 Å². The molecule has 0 aromatic heterocycles. The molecule has 160 valence electrons. The third-order valence-electron chi connectivity index (χ3n) is 6.59. The predicted molar refractivity (Wildman–Crippen MR) is 118 cm³/mol. The van der Waals surface area contributed by atoms with Crippen LogP contribution in [-0.4, -0.2) is 49.1 Å². The second kappa shape index (κ2) is 8.68. The van der Waals surface area contributed by atoms with Crippen molar-refractivity contribution in [1.82, 2.24) is 9.80 Å². The second-order valence-corrected chi connectivity index (χ2v) is 8.51. The number of nitrogens with zero attached hydrogens (tertiary/aromatic N) is 2. The molecule has 3 atom stereocenters. The number of methoxy groups -OCH3 is 1. The summed E-state index contributed by atoms with van der Waals surface area (Å²) in [7, 11) is 1.69. The molecule has 5 nitrogen and oxygen atoms in total. The van der Waals surface area contributed by atoms with Crippen LogP contribution >= 0.6 is 0 Å². The van der Waals surface area contributed by atoms with Crippen LogP contribution in [0.4, 0.5) is 0 Å². The van der Waals surface area contributed by atoms with Crippen LogP contribution in [0, 0.1) is 18.8 Å². The highest BCUT2D eigenvalue weighted by Crippen LogP contribution is 2.46. The van der Waals surface area contributed by atoms with Crippen molar-refractivity contribution < 1.29 is 14.3 Å². The Morgan fingerprint density at radius 1 is 1.10 bits per heavy atom.